The fourth-order valence-electron chi connectivity index (χ4n) is 3.02. The van der Waals surface area contributed by atoms with E-state index in [2.05, 4.69) is 19.6 Å². The number of aliphatic hydroxyl groups is 1. The highest BCUT2D eigenvalue weighted by molar-refractivity contribution is 5.27. The molecule has 0 amide bonds. The highest BCUT2D eigenvalue weighted by Crippen LogP contribution is 2.52. The predicted octanol–water partition coefficient (Wildman–Crippen LogP) is 2.67. The number of aliphatic hydroxyl groups excluding tert-OH is 1. The Kier molecular flexibility index (Phi) is 2.07. The molecule has 0 saturated heterocycles. The molecule has 0 bridgehead atoms. The summed E-state index contributed by atoms with van der Waals surface area (Å²) in [5.41, 5.74) is 1.50. The lowest BCUT2D eigenvalue weighted by Crippen LogP contribution is -2.34. The van der Waals surface area contributed by atoms with Gasteiger partial charge in [-0.05, 0) is 37.2 Å². The molecule has 2 rings (SSSR count). The van der Waals surface area contributed by atoms with Gasteiger partial charge in [0.1, 0.15) is 0 Å². The van der Waals surface area contributed by atoms with Crippen molar-refractivity contribution in [3.8, 4) is 0 Å². The highest BCUT2D eigenvalue weighted by Gasteiger charge is 2.47. The molecule has 2 aliphatic rings. The van der Waals surface area contributed by atoms with Crippen molar-refractivity contribution < 1.29 is 5.11 Å². The fourth-order valence-corrected chi connectivity index (χ4v) is 3.02. The van der Waals surface area contributed by atoms with Crippen LogP contribution in [0.4, 0.5) is 0 Å². The Hall–Kier alpha value is -0.560. The molecule has 72 valence electrons. The first-order valence-electron chi connectivity index (χ1n) is 5.19. The molecule has 1 saturated carbocycles. The second kappa shape index (κ2) is 2.98. The molecule has 0 aliphatic heterocycles. The molecule has 0 aromatic rings. The van der Waals surface area contributed by atoms with Gasteiger partial charge in [-0.1, -0.05) is 25.7 Å². The molecule has 0 spiro atoms. The number of hydrogen-bond acceptors (Lipinski definition) is 1. The summed E-state index contributed by atoms with van der Waals surface area (Å²) in [5, 5.41) is 9.94. The molecular formula is C12H18O. The molecule has 1 nitrogen and oxygen atoms in total. The average molecular weight is 178 g/mol. The molecule has 1 N–H and O–H groups in total. The Morgan fingerprint density at radius 2 is 2.38 bits per heavy atom. The lowest BCUT2D eigenvalue weighted by molar-refractivity contribution is 0.0387. The smallest absolute Gasteiger partial charge is 0.0600 e. The molecule has 3 atom stereocenters. The summed E-state index contributed by atoms with van der Waals surface area (Å²) in [5.74, 6) is 0.564. The number of fused-ring (bicyclic) bond motifs is 1. The van der Waals surface area contributed by atoms with E-state index in [4.69, 9.17) is 0 Å². The SMILES string of the molecule is C=CC1=CCC[C@@]2(C)C1CC[C@@H]2O. The second-order valence-corrected chi connectivity index (χ2v) is 4.60. The molecule has 0 radical (unpaired) electrons. The van der Waals surface area contributed by atoms with Gasteiger partial charge in [0.2, 0.25) is 0 Å². The van der Waals surface area contributed by atoms with Crippen LogP contribution in [0, 0.1) is 11.3 Å². The van der Waals surface area contributed by atoms with E-state index in [-0.39, 0.29) is 11.5 Å². The molecule has 0 heterocycles. The van der Waals surface area contributed by atoms with Gasteiger partial charge in [0, 0.05) is 5.41 Å². The largest absolute Gasteiger partial charge is 0.393 e. The Morgan fingerprint density at radius 1 is 1.62 bits per heavy atom. The van der Waals surface area contributed by atoms with Crippen LogP contribution in [-0.4, -0.2) is 11.2 Å². The van der Waals surface area contributed by atoms with Crippen LogP contribution in [-0.2, 0) is 0 Å². The van der Waals surface area contributed by atoms with E-state index >= 15 is 0 Å². The molecule has 1 unspecified atom stereocenters. The van der Waals surface area contributed by atoms with Gasteiger partial charge in [-0.3, -0.25) is 0 Å². The fraction of sp³-hybridized carbons (Fsp3) is 0.667. The third-order valence-corrected chi connectivity index (χ3v) is 3.99. The third-order valence-electron chi connectivity index (χ3n) is 3.99. The molecule has 1 heteroatoms. The Bertz CT molecular complexity index is 254. The van der Waals surface area contributed by atoms with Gasteiger partial charge in [-0.2, -0.15) is 0 Å². The minimum Gasteiger partial charge on any atom is -0.393 e. The van der Waals surface area contributed by atoms with Crippen LogP contribution in [0.2, 0.25) is 0 Å². The van der Waals surface area contributed by atoms with Crippen molar-refractivity contribution >= 4 is 0 Å². The summed E-state index contributed by atoms with van der Waals surface area (Å²) in [6.45, 7) is 6.08. The maximum Gasteiger partial charge on any atom is 0.0600 e. The lowest BCUT2D eigenvalue weighted by atomic mass is 9.68. The Labute approximate surface area is 80.2 Å². The summed E-state index contributed by atoms with van der Waals surface area (Å²) in [6, 6.07) is 0. The van der Waals surface area contributed by atoms with E-state index in [0.29, 0.717) is 5.92 Å². The summed E-state index contributed by atoms with van der Waals surface area (Å²) in [6.07, 6.45) is 8.50. The quantitative estimate of drug-likeness (QED) is 0.654. The van der Waals surface area contributed by atoms with E-state index in [1.807, 2.05) is 6.08 Å². The van der Waals surface area contributed by atoms with Gasteiger partial charge in [-0.15, -0.1) is 0 Å². The lowest BCUT2D eigenvalue weighted by Gasteiger charge is -2.38. The van der Waals surface area contributed by atoms with Gasteiger partial charge in [0.25, 0.3) is 0 Å². The number of rotatable bonds is 1. The van der Waals surface area contributed by atoms with Gasteiger partial charge in [0.05, 0.1) is 6.10 Å². The summed E-state index contributed by atoms with van der Waals surface area (Å²) in [7, 11) is 0. The summed E-state index contributed by atoms with van der Waals surface area (Å²) in [4.78, 5) is 0. The maximum atomic E-state index is 9.94. The monoisotopic (exact) mass is 178 g/mol. The molecule has 0 aromatic carbocycles. The van der Waals surface area contributed by atoms with Crippen molar-refractivity contribution in [2.75, 3.05) is 0 Å². The zero-order valence-electron chi connectivity index (χ0n) is 8.29. The van der Waals surface area contributed by atoms with E-state index in [1.54, 1.807) is 0 Å². The molecule has 1 fully saturated rings. The van der Waals surface area contributed by atoms with Crippen LogP contribution in [0.15, 0.2) is 24.3 Å². The van der Waals surface area contributed by atoms with Gasteiger partial charge in [-0.25, -0.2) is 0 Å². The standard InChI is InChI=1S/C12H18O/c1-3-9-5-4-8-12(2)10(9)6-7-11(12)13/h3,5,10-11,13H,1,4,6-8H2,2H3/t10?,11-,12-/m0/s1. The molecular weight excluding hydrogens is 160 g/mol. The summed E-state index contributed by atoms with van der Waals surface area (Å²) >= 11 is 0. The van der Waals surface area contributed by atoms with Crippen LogP contribution in [0.1, 0.15) is 32.6 Å². The van der Waals surface area contributed by atoms with E-state index < -0.39 is 0 Å². The Balaban J connectivity index is 2.32. The van der Waals surface area contributed by atoms with Crippen LogP contribution < -0.4 is 0 Å². The van der Waals surface area contributed by atoms with Crippen molar-refractivity contribution in [1.29, 1.82) is 0 Å². The van der Waals surface area contributed by atoms with Crippen molar-refractivity contribution in [3.63, 3.8) is 0 Å². The zero-order valence-corrected chi connectivity index (χ0v) is 8.29. The van der Waals surface area contributed by atoms with Crippen molar-refractivity contribution in [1.82, 2.24) is 0 Å². The average Bonchev–Trinajstić information content (AvgIpc) is 2.43. The van der Waals surface area contributed by atoms with Crippen LogP contribution in [0.25, 0.3) is 0 Å². The maximum absolute atomic E-state index is 9.94. The second-order valence-electron chi connectivity index (χ2n) is 4.60. The number of hydrogen-bond donors (Lipinski definition) is 1. The van der Waals surface area contributed by atoms with Crippen LogP contribution >= 0.6 is 0 Å². The molecule has 0 aromatic heterocycles. The van der Waals surface area contributed by atoms with Gasteiger partial charge in [0.15, 0.2) is 0 Å². The first-order valence-corrected chi connectivity index (χ1v) is 5.19. The van der Waals surface area contributed by atoms with Crippen molar-refractivity contribution in [2.45, 2.75) is 38.7 Å². The first kappa shape index (κ1) is 9.01. The molecule has 13 heavy (non-hydrogen) atoms. The topological polar surface area (TPSA) is 20.2 Å². The van der Waals surface area contributed by atoms with Crippen molar-refractivity contribution in [3.05, 3.63) is 24.3 Å². The summed E-state index contributed by atoms with van der Waals surface area (Å²) < 4.78 is 0. The van der Waals surface area contributed by atoms with Crippen LogP contribution in [0.3, 0.4) is 0 Å². The minimum absolute atomic E-state index is 0.0962. The number of allylic oxidation sites excluding steroid dienone is 3. The van der Waals surface area contributed by atoms with Crippen molar-refractivity contribution in [2.24, 2.45) is 11.3 Å². The minimum atomic E-state index is -0.0962. The van der Waals surface area contributed by atoms with E-state index in [9.17, 15) is 5.11 Å². The molecule has 2 aliphatic carbocycles. The zero-order chi connectivity index (χ0) is 9.47. The first-order chi connectivity index (χ1) is 6.18. The normalized spacial score (nSPS) is 44.0. The van der Waals surface area contributed by atoms with Gasteiger partial charge >= 0.3 is 0 Å². The highest BCUT2D eigenvalue weighted by atomic mass is 16.3. The predicted molar refractivity (Wildman–Crippen MR) is 54.4 cm³/mol. The van der Waals surface area contributed by atoms with E-state index in [1.165, 1.54) is 5.57 Å². The van der Waals surface area contributed by atoms with Crippen LogP contribution in [0.5, 0.6) is 0 Å². The van der Waals surface area contributed by atoms with Gasteiger partial charge < -0.3 is 5.11 Å². The Morgan fingerprint density at radius 3 is 3.08 bits per heavy atom. The third kappa shape index (κ3) is 1.18. The van der Waals surface area contributed by atoms with E-state index in [0.717, 1.165) is 25.7 Å².